The van der Waals surface area contributed by atoms with Gasteiger partial charge in [-0.2, -0.15) is 4.98 Å². The monoisotopic (exact) mass is 411 g/mol. The van der Waals surface area contributed by atoms with E-state index in [0.717, 1.165) is 16.8 Å². The number of halogens is 2. The molecule has 0 spiro atoms. The summed E-state index contributed by atoms with van der Waals surface area (Å²) in [5.74, 6) is 0.0134. The molecule has 2 N–H and O–H groups in total. The summed E-state index contributed by atoms with van der Waals surface area (Å²) in [5, 5.41) is 11.1. The van der Waals surface area contributed by atoms with Crippen LogP contribution in [0, 0.1) is 11.7 Å². The summed E-state index contributed by atoms with van der Waals surface area (Å²) in [4.78, 5) is 16.5. The van der Waals surface area contributed by atoms with Gasteiger partial charge in [0.1, 0.15) is 11.9 Å². The van der Waals surface area contributed by atoms with Crippen molar-refractivity contribution in [2.75, 3.05) is 10.6 Å². The molecule has 1 unspecified atom stereocenters. The second-order valence-corrected chi connectivity index (χ2v) is 7.49. The van der Waals surface area contributed by atoms with Crippen LogP contribution < -0.4 is 10.6 Å². The van der Waals surface area contributed by atoms with E-state index in [-0.39, 0.29) is 29.6 Å². The summed E-state index contributed by atoms with van der Waals surface area (Å²) in [7, 11) is 0. The van der Waals surface area contributed by atoms with E-state index >= 15 is 0 Å². The van der Waals surface area contributed by atoms with Gasteiger partial charge in [0, 0.05) is 16.6 Å². The Balaban J connectivity index is 1.75. The molecule has 0 saturated heterocycles. The summed E-state index contributed by atoms with van der Waals surface area (Å²) in [6.45, 7) is 3.59. The third kappa shape index (κ3) is 4.00. The second kappa shape index (κ2) is 7.67. The van der Waals surface area contributed by atoms with Crippen molar-refractivity contribution in [2.45, 2.75) is 19.9 Å². The van der Waals surface area contributed by atoms with Gasteiger partial charge >= 0.3 is 0 Å². The van der Waals surface area contributed by atoms with Crippen LogP contribution in [-0.2, 0) is 4.79 Å². The number of fused-ring (bicyclic) bond motifs is 1. The first-order valence-electron chi connectivity index (χ1n) is 9.18. The fourth-order valence-corrected chi connectivity index (χ4v) is 3.12. The van der Waals surface area contributed by atoms with Crippen LogP contribution in [0.5, 0.6) is 0 Å². The summed E-state index contributed by atoms with van der Waals surface area (Å²) < 4.78 is 15.1. The number of benzene rings is 2. The molecule has 0 saturated carbocycles. The van der Waals surface area contributed by atoms with Gasteiger partial charge in [-0.05, 0) is 41.5 Å². The zero-order valence-electron chi connectivity index (χ0n) is 15.9. The van der Waals surface area contributed by atoms with Gasteiger partial charge in [-0.3, -0.25) is 10.1 Å². The first kappa shape index (κ1) is 19.1. The Labute approximate surface area is 172 Å². The van der Waals surface area contributed by atoms with Crippen molar-refractivity contribution in [3.63, 3.8) is 0 Å². The zero-order valence-corrected chi connectivity index (χ0v) is 16.6. The second-order valence-electron chi connectivity index (χ2n) is 7.06. The van der Waals surface area contributed by atoms with E-state index in [1.165, 1.54) is 12.1 Å². The minimum atomic E-state index is -0.324. The number of aromatic nitrogens is 3. The van der Waals surface area contributed by atoms with Gasteiger partial charge in [0.25, 0.3) is 5.95 Å². The quantitative estimate of drug-likeness (QED) is 0.651. The number of amides is 1. The number of anilines is 2. The van der Waals surface area contributed by atoms with Crippen molar-refractivity contribution in [3.05, 3.63) is 76.6 Å². The van der Waals surface area contributed by atoms with Crippen LogP contribution in [0.4, 0.5) is 16.3 Å². The summed E-state index contributed by atoms with van der Waals surface area (Å²) in [5.41, 5.74) is 2.58. The number of hydrogen-bond donors (Lipinski definition) is 2. The molecule has 2 aromatic carbocycles. The van der Waals surface area contributed by atoms with Gasteiger partial charge in [0.2, 0.25) is 11.9 Å². The highest BCUT2D eigenvalue weighted by Crippen LogP contribution is 2.33. The van der Waals surface area contributed by atoms with Crippen LogP contribution in [0.25, 0.3) is 5.70 Å². The predicted octanol–water partition coefficient (Wildman–Crippen LogP) is 4.72. The largest absolute Gasteiger partial charge is 0.324 e. The third-order valence-electron chi connectivity index (χ3n) is 4.59. The molecule has 6 nitrogen and oxygen atoms in total. The smallest absolute Gasteiger partial charge is 0.250 e. The SMILES string of the molecule is CC(C)C(=O)Nc1nc2n(n1)C(c1ccc(F)cc1)C=C(c1ccc(Cl)cc1)N2. The molecule has 3 aromatic rings. The van der Waals surface area contributed by atoms with Crippen molar-refractivity contribution < 1.29 is 9.18 Å². The summed E-state index contributed by atoms with van der Waals surface area (Å²) in [6.07, 6.45) is 1.98. The molecule has 0 radical (unpaired) electrons. The van der Waals surface area contributed by atoms with E-state index in [1.54, 1.807) is 42.8 Å². The normalized spacial score (nSPS) is 15.5. The van der Waals surface area contributed by atoms with Crippen molar-refractivity contribution in [1.82, 2.24) is 14.8 Å². The van der Waals surface area contributed by atoms with Gasteiger partial charge in [-0.25, -0.2) is 9.07 Å². The lowest BCUT2D eigenvalue weighted by molar-refractivity contribution is -0.118. The van der Waals surface area contributed by atoms with Crippen LogP contribution in [0.1, 0.15) is 31.0 Å². The van der Waals surface area contributed by atoms with Crippen LogP contribution in [0.3, 0.4) is 0 Å². The maximum Gasteiger partial charge on any atom is 0.250 e. The van der Waals surface area contributed by atoms with E-state index in [1.807, 2.05) is 18.2 Å². The van der Waals surface area contributed by atoms with Crippen LogP contribution >= 0.6 is 11.6 Å². The molecular weight excluding hydrogens is 393 g/mol. The Kier molecular flexibility index (Phi) is 5.07. The summed E-state index contributed by atoms with van der Waals surface area (Å²) >= 11 is 6.01. The Bertz CT molecular complexity index is 1070. The van der Waals surface area contributed by atoms with Crippen molar-refractivity contribution in [2.24, 2.45) is 5.92 Å². The standard InChI is InChI=1S/C21H19ClFN5O/c1-12(2)19(29)25-20-26-21-24-17(13-3-7-15(22)8-4-13)11-18(28(21)27-20)14-5-9-16(23)10-6-14/h3-12,18H,1-2H3,(H2,24,25,26,27,29). The van der Waals surface area contributed by atoms with Gasteiger partial charge in [0.15, 0.2) is 0 Å². The Morgan fingerprint density at radius 1 is 1.17 bits per heavy atom. The minimum Gasteiger partial charge on any atom is -0.324 e. The number of nitrogens with one attached hydrogen (secondary N) is 2. The minimum absolute atomic E-state index is 0.169. The molecule has 0 aliphatic carbocycles. The molecule has 4 rings (SSSR count). The van der Waals surface area contributed by atoms with Crippen molar-refractivity contribution in [1.29, 1.82) is 0 Å². The molecule has 29 heavy (non-hydrogen) atoms. The van der Waals surface area contributed by atoms with E-state index in [4.69, 9.17) is 11.6 Å². The molecule has 8 heteroatoms. The van der Waals surface area contributed by atoms with E-state index in [9.17, 15) is 9.18 Å². The maximum absolute atomic E-state index is 13.4. The number of allylic oxidation sites excluding steroid dienone is 1. The van der Waals surface area contributed by atoms with Gasteiger partial charge in [0.05, 0.1) is 0 Å². The average Bonchev–Trinajstić information content (AvgIpc) is 3.10. The number of carbonyl (C=O) groups is 1. The molecule has 1 atom stereocenters. The number of rotatable bonds is 4. The lowest BCUT2D eigenvalue weighted by atomic mass is 10.0. The topological polar surface area (TPSA) is 71.8 Å². The highest BCUT2D eigenvalue weighted by molar-refractivity contribution is 6.30. The Morgan fingerprint density at radius 2 is 1.86 bits per heavy atom. The Hall–Kier alpha value is -3.19. The lowest BCUT2D eigenvalue weighted by Crippen LogP contribution is -2.20. The van der Waals surface area contributed by atoms with Gasteiger partial charge in [-0.15, -0.1) is 5.10 Å². The van der Waals surface area contributed by atoms with Gasteiger partial charge < -0.3 is 5.32 Å². The van der Waals surface area contributed by atoms with Crippen LogP contribution in [-0.4, -0.2) is 20.7 Å². The molecule has 2 heterocycles. The van der Waals surface area contributed by atoms with Crippen molar-refractivity contribution >= 4 is 35.1 Å². The van der Waals surface area contributed by atoms with E-state index in [2.05, 4.69) is 20.7 Å². The Morgan fingerprint density at radius 3 is 2.52 bits per heavy atom. The lowest BCUT2D eigenvalue weighted by Gasteiger charge is -2.24. The fraction of sp³-hybridized carbons (Fsp3) is 0.190. The summed E-state index contributed by atoms with van der Waals surface area (Å²) in [6, 6.07) is 13.3. The van der Waals surface area contributed by atoms with Crippen molar-refractivity contribution in [3.8, 4) is 0 Å². The molecule has 0 fully saturated rings. The first-order chi connectivity index (χ1) is 13.9. The molecule has 1 aliphatic rings. The number of nitrogens with zero attached hydrogens (tertiary/aromatic N) is 3. The first-order valence-corrected chi connectivity index (χ1v) is 9.56. The third-order valence-corrected chi connectivity index (χ3v) is 4.84. The maximum atomic E-state index is 13.4. The predicted molar refractivity (Wildman–Crippen MR) is 111 cm³/mol. The average molecular weight is 412 g/mol. The van der Waals surface area contributed by atoms with E-state index < -0.39 is 0 Å². The molecule has 1 aliphatic heterocycles. The number of carbonyl (C=O) groups excluding carboxylic acids is 1. The molecule has 1 amide bonds. The molecule has 148 valence electrons. The van der Waals surface area contributed by atoms with Crippen LogP contribution in [0.15, 0.2) is 54.6 Å². The number of hydrogen-bond acceptors (Lipinski definition) is 4. The zero-order chi connectivity index (χ0) is 20.5. The van der Waals surface area contributed by atoms with E-state index in [0.29, 0.717) is 11.0 Å². The van der Waals surface area contributed by atoms with Crippen LogP contribution in [0.2, 0.25) is 5.02 Å². The highest BCUT2D eigenvalue weighted by Gasteiger charge is 2.26. The fourth-order valence-electron chi connectivity index (χ4n) is 3.00. The highest BCUT2D eigenvalue weighted by atomic mass is 35.5. The molecule has 1 aromatic heterocycles. The van der Waals surface area contributed by atoms with Gasteiger partial charge in [-0.1, -0.05) is 49.7 Å². The molecular formula is C21H19ClFN5O. The molecule has 0 bridgehead atoms.